The lowest BCUT2D eigenvalue weighted by Gasteiger charge is -2.09. The second kappa shape index (κ2) is 8.32. The first-order valence-electron chi connectivity index (χ1n) is 9.67. The Kier molecular flexibility index (Phi) is 5.41. The van der Waals surface area contributed by atoms with Crippen molar-refractivity contribution < 1.29 is 18.5 Å². The number of carbonyl (C=O) groups excluding carboxylic acids is 1. The fraction of sp³-hybridized carbons (Fsp3) is 0.217. The van der Waals surface area contributed by atoms with E-state index in [1.165, 1.54) is 0 Å². The lowest BCUT2D eigenvalue weighted by molar-refractivity contribution is 0.0952. The molecule has 3 aromatic heterocycles. The highest BCUT2D eigenvalue weighted by Gasteiger charge is 2.21. The Bertz CT molecular complexity index is 1310. The first-order chi connectivity index (χ1) is 15.0. The van der Waals surface area contributed by atoms with E-state index in [1.54, 1.807) is 25.1 Å². The molecule has 4 aromatic rings. The summed E-state index contributed by atoms with van der Waals surface area (Å²) >= 11 is 0. The Morgan fingerprint density at radius 3 is 2.81 bits per heavy atom. The van der Waals surface area contributed by atoms with Crippen molar-refractivity contribution in [2.45, 2.75) is 27.3 Å². The Hall–Kier alpha value is -4.12. The molecule has 0 aliphatic carbocycles. The number of amides is 1. The minimum Gasteiger partial charge on any atom is -0.479 e. The average Bonchev–Trinajstić information content (AvgIpc) is 3.31. The highest BCUT2D eigenvalue weighted by Crippen LogP contribution is 2.30. The molecule has 0 fully saturated rings. The molecule has 8 heteroatoms. The summed E-state index contributed by atoms with van der Waals surface area (Å²) in [6.45, 7) is 5.73. The molecule has 156 valence electrons. The Morgan fingerprint density at radius 2 is 2.06 bits per heavy atom. The van der Waals surface area contributed by atoms with E-state index in [9.17, 15) is 4.79 Å². The van der Waals surface area contributed by atoms with Gasteiger partial charge in [0.05, 0.1) is 22.3 Å². The van der Waals surface area contributed by atoms with Gasteiger partial charge < -0.3 is 19.0 Å². The third kappa shape index (κ3) is 4.12. The van der Waals surface area contributed by atoms with Gasteiger partial charge in [0.15, 0.2) is 6.61 Å². The summed E-state index contributed by atoms with van der Waals surface area (Å²) in [5.74, 6) is 1.76. The van der Waals surface area contributed by atoms with Crippen molar-refractivity contribution in [2.75, 3.05) is 6.61 Å². The van der Waals surface area contributed by atoms with Crippen molar-refractivity contribution in [2.24, 2.45) is 0 Å². The van der Waals surface area contributed by atoms with Gasteiger partial charge >= 0.3 is 0 Å². The first-order valence-corrected chi connectivity index (χ1v) is 9.67. The molecule has 0 aliphatic rings. The van der Waals surface area contributed by atoms with E-state index in [4.69, 9.17) is 18.9 Å². The van der Waals surface area contributed by atoms with Crippen LogP contribution < -0.4 is 10.1 Å². The standard InChI is InChI=1S/C23H20N4O4/c1-13-9-18(15(3)30-13)20-11-19(21-14(2)27-31-23(21)26-20)22(28)25-12-16-5-4-6-17(10-16)29-8-7-24/h4-6,9-11H,8,12H2,1-3H3,(H,25,28). The molecule has 1 amide bonds. The lowest BCUT2D eigenvalue weighted by atomic mass is 10.1. The van der Waals surface area contributed by atoms with Crippen molar-refractivity contribution in [1.29, 1.82) is 5.26 Å². The minimum absolute atomic E-state index is 0.0345. The molecule has 31 heavy (non-hydrogen) atoms. The van der Waals surface area contributed by atoms with Gasteiger partial charge in [0.1, 0.15) is 23.3 Å². The van der Waals surface area contributed by atoms with Crippen molar-refractivity contribution in [3.05, 3.63) is 64.7 Å². The number of nitriles is 1. The highest BCUT2D eigenvalue weighted by atomic mass is 16.5. The van der Waals surface area contributed by atoms with E-state index >= 15 is 0 Å². The summed E-state index contributed by atoms with van der Waals surface area (Å²) in [6.07, 6.45) is 0. The number of ether oxygens (including phenoxy) is 1. The van der Waals surface area contributed by atoms with Crippen LogP contribution in [0.5, 0.6) is 5.75 Å². The van der Waals surface area contributed by atoms with Crippen LogP contribution in [0.2, 0.25) is 0 Å². The third-order valence-electron chi connectivity index (χ3n) is 4.83. The lowest BCUT2D eigenvalue weighted by Crippen LogP contribution is -2.23. The number of pyridine rings is 1. The van der Waals surface area contributed by atoms with Gasteiger partial charge in [0, 0.05) is 12.1 Å². The zero-order chi connectivity index (χ0) is 22.0. The highest BCUT2D eigenvalue weighted by molar-refractivity contribution is 6.07. The molecule has 0 saturated carbocycles. The van der Waals surface area contributed by atoms with Gasteiger partial charge in [0.25, 0.3) is 11.6 Å². The van der Waals surface area contributed by atoms with Crippen LogP contribution in [0.25, 0.3) is 22.4 Å². The van der Waals surface area contributed by atoms with E-state index in [0.29, 0.717) is 39.6 Å². The maximum absolute atomic E-state index is 13.1. The van der Waals surface area contributed by atoms with Crippen molar-refractivity contribution in [3.63, 3.8) is 0 Å². The van der Waals surface area contributed by atoms with Crippen molar-refractivity contribution in [3.8, 4) is 23.1 Å². The molecule has 0 spiro atoms. The fourth-order valence-corrected chi connectivity index (χ4v) is 3.44. The van der Waals surface area contributed by atoms with Crippen LogP contribution in [0.4, 0.5) is 0 Å². The molecule has 1 N–H and O–H groups in total. The molecular formula is C23H20N4O4. The molecular weight excluding hydrogens is 396 g/mol. The van der Waals surface area contributed by atoms with Gasteiger partial charge in [0.2, 0.25) is 0 Å². The van der Waals surface area contributed by atoms with Gasteiger partial charge in [-0.25, -0.2) is 4.98 Å². The summed E-state index contributed by atoms with van der Waals surface area (Å²) in [5, 5.41) is 16.1. The molecule has 1 aromatic carbocycles. The summed E-state index contributed by atoms with van der Waals surface area (Å²) < 4.78 is 16.3. The molecule has 0 atom stereocenters. The SMILES string of the molecule is Cc1cc(-c2cc(C(=O)NCc3cccc(OCC#N)c3)c3c(C)noc3n2)c(C)o1. The second-order valence-corrected chi connectivity index (χ2v) is 7.11. The van der Waals surface area contributed by atoms with E-state index in [1.807, 2.05) is 38.1 Å². The maximum atomic E-state index is 13.1. The molecule has 0 bridgehead atoms. The zero-order valence-electron chi connectivity index (χ0n) is 17.4. The monoisotopic (exact) mass is 416 g/mol. The van der Waals surface area contributed by atoms with Gasteiger partial charge in [-0.15, -0.1) is 0 Å². The average molecular weight is 416 g/mol. The summed E-state index contributed by atoms with van der Waals surface area (Å²) in [5.41, 5.74) is 3.53. The molecule has 8 nitrogen and oxygen atoms in total. The van der Waals surface area contributed by atoms with E-state index in [2.05, 4.69) is 15.5 Å². The number of aromatic nitrogens is 2. The molecule has 0 saturated heterocycles. The van der Waals surface area contributed by atoms with E-state index in [-0.39, 0.29) is 19.1 Å². The number of benzene rings is 1. The summed E-state index contributed by atoms with van der Waals surface area (Å²) in [4.78, 5) is 17.6. The predicted octanol–water partition coefficient (Wildman–Crippen LogP) is 4.24. The summed E-state index contributed by atoms with van der Waals surface area (Å²) in [6, 6.07) is 12.8. The first kappa shape index (κ1) is 20.2. The largest absolute Gasteiger partial charge is 0.479 e. The number of aryl methyl sites for hydroxylation is 3. The summed E-state index contributed by atoms with van der Waals surface area (Å²) in [7, 11) is 0. The second-order valence-electron chi connectivity index (χ2n) is 7.11. The molecule has 0 unspecified atom stereocenters. The smallest absolute Gasteiger partial charge is 0.259 e. The van der Waals surface area contributed by atoms with Crippen LogP contribution in [0.1, 0.15) is 33.1 Å². The quantitative estimate of drug-likeness (QED) is 0.500. The van der Waals surface area contributed by atoms with Crippen LogP contribution in [0.3, 0.4) is 0 Å². The van der Waals surface area contributed by atoms with E-state index in [0.717, 1.165) is 16.9 Å². The van der Waals surface area contributed by atoms with Crippen LogP contribution >= 0.6 is 0 Å². The molecule has 4 rings (SSSR count). The van der Waals surface area contributed by atoms with Crippen LogP contribution in [0.15, 0.2) is 45.3 Å². The molecule has 0 aliphatic heterocycles. The third-order valence-corrected chi connectivity index (χ3v) is 4.83. The molecule has 3 heterocycles. The number of furan rings is 1. The normalized spacial score (nSPS) is 10.8. The Morgan fingerprint density at radius 1 is 1.23 bits per heavy atom. The van der Waals surface area contributed by atoms with Gasteiger partial charge in [-0.1, -0.05) is 17.3 Å². The van der Waals surface area contributed by atoms with Crippen LogP contribution in [0, 0.1) is 32.1 Å². The maximum Gasteiger partial charge on any atom is 0.259 e. The Labute approximate surface area is 178 Å². The van der Waals surface area contributed by atoms with E-state index < -0.39 is 0 Å². The number of hydrogen-bond acceptors (Lipinski definition) is 7. The number of nitrogens with zero attached hydrogens (tertiary/aromatic N) is 3. The zero-order valence-corrected chi connectivity index (χ0v) is 17.4. The van der Waals surface area contributed by atoms with Gasteiger partial charge in [-0.05, 0) is 50.6 Å². The molecule has 0 radical (unpaired) electrons. The predicted molar refractivity (Wildman–Crippen MR) is 112 cm³/mol. The van der Waals surface area contributed by atoms with Crippen molar-refractivity contribution in [1.82, 2.24) is 15.5 Å². The van der Waals surface area contributed by atoms with Crippen LogP contribution in [-0.4, -0.2) is 22.7 Å². The Balaban J connectivity index is 1.64. The number of nitrogens with one attached hydrogen (secondary N) is 1. The fourth-order valence-electron chi connectivity index (χ4n) is 3.44. The number of carbonyl (C=O) groups is 1. The topological polar surface area (TPSA) is 114 Å². The minimum atomic E-state index is -0.277. The number of hydrogen-bond donors (Lipinski definition) is 1. The number of rotatable bonds is 6. The van der Waals surface area contributed by atoms with Crippen LogP contribution in [-0.2, 0) is 6.54 Å². The van der Waals surface area contributed by atoms with Gasteiger partial charge in [-0.3, -0.25) is 4.79 Å². The van der Waals surface area contributed by atoms with Crippen molar-refractivity contribution >= 4 is 17.0 Å². The number of fused-ring (bicyclic) bond motifs is 1. The van der Waals surface area contributed by atoms with Gasteiger partial charge in [-0.2, -0.15) is 5.26 Å².